The van der Waals surface area contributed by atoms with E-state index in [1.54, 1.807) is 6.20 Å². The van der Waals surface area contributed by atoms with Crippen LogP contribution in [0.2, 0.25) is 5.02 Å². The van der Waals surface area contributed by atoms with E-state index in [9.17, 15) is 5.26 Å². The van der Waals surface area contributed by atoms with Crippen LogP contribution in [0.25, 0.3) is 0 Å². The van der Waals surface area contributed by atoms with Crippen molar-refractivity contribution >= 4 is 33.2 Å². The van der Waals surface area contributed by atoms with Crippen LogP contribution in [0, 0.1) is 11.3 Å². The van der Waals surface area contributed by atoms with Gasteiger partial charge < -0.3 is 4.90 Å². The number of hydrogen-bond donors (Lipinski definition) is 0. The van der Waals surface area contributed by atoms with E-state index in [4.69, 9.17) is 11.6 Å². The van der Waals surface area contributed by atoms with Gasteiger partial charge in [0.15, 0.2) is 0 Å². The SMILES string of the molecule is N#Cc1cc(Br)ccc1N1CCN(Cc2ccc(Cl)cn2)CC1. The van der Waals surface area contributed by atoms with Crippen LogP contribution in [-0.4, -0.2) is 36.1 Å². The molecule has 1 aromatic heterocycles. The van der Waals surface area contributed by atoms with Crippen molar-refractivity contribution in [3.8, 4) is 6.07 Å². The summed E-state index contributed by atoms with van der Waals surface area (Å²) in [5.41, 5.74) is 2.76. The van der Waals surface area contributed by atoms with Crippen LogP contribution in [0.1, 0.15) is 11.3 Å². The number of pyridine rings is 1. The van der Waals surface area contributed by atoms with E-state index in [1.807, 2.05) is 30.3 Å². The van der Waals surface area contributed by atoms with Crippen molar-refractivity contribution in [3.05, 3.63) is 57.3 Å². The maximum atomic E-state index is 9.32. The Morgan fingerprint density at radius 1 is 1.17 bits per heavy atom. The number of anilines is 1. The predicted octanol–water partition coefficient (Wildman–Crippen LogP) is 3.69. The van der Waals surface area contributed by atoms with Crippen molar-refractivity contribution in [3.63, 3.8) is 0 Å². The first-order valence-electron chi connectivity index (χ1n) is 7.43. The standard InChI is InChI=1S/C17H16BrClN4/c18-14-1-4-17(13(9-14)10-20)23-7-5-22(6-8-23)12-16-3-2-15(19)11-21-16/h1-4,9,11H,5-8,12H2. The molecule has 2 heterocycles. The van der Waals surface area contributed by atoms with Gasteiger partial charge >= 0.3 is 0 Å². The van der Waals surface area contributed by atoms with Crippen LogP contribution in [-0.2, 0) is 6.54 Å². The summed E-state index contributed by atoms with van der Waals surface area (Å²) in [7, 11) is 0. The number of nitrogens with zero attached hydrogens (tertiary/aromatic N) is 4. The normalized spacial score (nSPS) is 15.4. The second kappa shape index (κ2) is 7.31. The summed E-state index contributed by atoms with van der Waals surface area (Å²) < 4.78 is 0.935. The molecule has 0 unspecified atom stereocenters. The number of nitriles is 1. The molecule has 118 valence electrons. The van der Waals surface area contributed by atoms with E-state index in [0.717, 1.165) is 48.6 Å². The number of hydrogen-bond acceptors (Lipinski definition) is 4. The summed E-state index contributed by atoms with van der Waals surface area (Å²) in [5, 5.41) is 9.98. The zero-order valence-corrected chi connectivity index (χ0v) is 14.9. The van der Waals surface area contributed by atoms with Gasteiger partial charge in [-0.15, -0.1) is 0 Å². The van der Waals surface area contributed by atoms with Crippen LogP contribution in [0.15, 0.2) is 41.0 Å². The second-order valence-electron chi connectivity index (χ2n) is 5.50. The Bertz CT molecular complexity index is 718. The minimum Gasteiger partial charge on any atom is -0.368 e. The summed E-state index contributed by atoms with van der Waals surface area (Å²) in [4.78, 5) is 9.00. The third-order valence-electron chi connectivity index (χ3n) is 3.97. The highest BCUT2D eigenvalue weighted by atomic mass is 79.9. The Hall–Kier alpha value is -1.61. The Morgan fingerprint density at radius 3 is 2.61 bits per heavy atom. The van der Waals surface area contributed by atoms with Crippen molar-refractivity contribution in [1.82, 2.24) is 9.88 Å². The predicted molar refractivity (Wildman–Crippen MR) is 95.6 cm³/mol. The minimum absolute atomic E-state index is 0.665. The average molecular weight is 392 g/mol. The maximum absolute atomic E-state index is 9.32. The smallest absolute Gasteiger partial charge is 0.101 e. The Labute approximate surface area is 149 Å². The molecule has 4 nitrogen and oxygen atoms in total. The molecule has 1 fully saturated rings. The summed E-state index contributed by atoms with van der Waals surface area (Å²) in [6.45, 7) is 4.54. The van der Waals surface area contributed by atoms with Crippen molar-refractivity contribution in [2.24, 2.45) is 0 Å². The summed E-state index contributed by atoms with van der Waals surface area (Å²) in [6.07, 6.45) is 1.69. The molecular weight excluding hydrogens is 376 g/mol. The third kappa shape index (κ3) is 4.03. The van der Waals surface area contributed by atoms with E-state index in [-0.39, 0.29) is 0 Å². The Kier molecular flexibility index (Phi) is 5.16. The molecule has 1 aliphatic heterocycles. The zero-order valence-electron chi connectivity index (χ0n) is 12.5. The molecular formula is C17H16BrClN4. The molecule has 1 saturated heterocycles. The molecule has 0 N–H and O–H groups in total. The molecule has 0 bridgehead atoms. The molecule has 3 rings (SSSR count). The van der Waals surface area contributed by atoms with Gasteiger partial charge in [-0.2, -0.15) is 5.26 Å². The number of aromatic nitrogens is 1. The fourth-order valence-corrected chi connectivity index (χ4v) is 3.22. The highest BCUT2D eigenvalue weighted by molar-refractivity contribution is 9.10. The van der Waals surface area contributed by atoms with Gasteiger partial charge in [0.05, 0.1) is 22.0 Å². The summed E-state index contributed by atoms with van der Waals surface area (Å²) in [6, 6.07) is 12.0. The first kappa shape index (κ1) is 16.3. The topological polar surface area (TPSA) is 43.2 Å². The van der Waals surface area contributed by atoms with Crippen molar-refractivity contribution in [2.75, 3.05) is 31.1 Å². The lowest BCUT2D eigenvalue weighted by Crippen LogP contribution is -2.46. The lowest BCUT2D eigenvalue weighted by molar-refractivity contribution is 0.247. The van der Waals surface area contributed by atoms with Gasteiger partial charge in [-0.1, -0.05) is 27.5 Å². The van der Waals surface area contributed by atoms with Crippen molar-refractivity contribution in [2.45, 2.75) is 6.54 Å². The van der Waals surface area contributed by atoms with Crippen LogP contribution in [0.3, 0.4) is 0 Å². The van der Waals surface area contributed by atoms with Crippen LogP contribution in [0.4, 0.5) is 5.69 Å². The number of piperazine rings is 1. The van der Waals surface area contributed by atoms with E-state index in [0.29, 0.717) is 10.6 Å². The summed E-state index contributed by atoms with van der Waals surface area (Å²) >= 11 is 9.29. The molecule has 0 saturated carbocycles. The van der Waals surface area contributed by atoms with Gasteiger partial charge in [-0.05, 0) is 30.3 Å². The van der Waals surface area contributed by atoms with E-state index < -0.39 is 0 Å². The van der Waals surface area contributed by atoms with Crippen LogP contribution >= 0.6 is 27.5 Å². The van der Waals surface area contributed by atoms with Crippen molar-refractivity contribution in [1.29, 1.82) is 5.26 Å². The third-order valence-corrected chi connectivity index (χ3v) is 4.68. The highest BCUT2D eigenvalue weighted by Crippen LogP contribution is 2.25. The fourth-order valence-electron chi connectivity index (χ4n) is 2.75. The lowest BCUT2D eigenvalue weighted by Gasteiger charge is -2.36. The molecule has 6 heteroatoms. The molecule has 0 atom stereocenters. The van der Waals surface area contributed by atoms with E-state index in [1.165, 1.54) is 0 Å². The largest absolute Gasteiger partial charge is 0.368 e. The number of rotatable bonds is 3. The lowest BCUT2D eigenvalue weighted by atomic mass is 10.1. The fraction of sp³-hybridized carbons (Fsp3) is 0.294. The average Bonchev–Trinajstić information content (AvgIpc) is 2.58. The van der Waals surface area contributed by atoms with Crippen LogP contribution in [0.5, 0.6) is 0 Å². The van der Waals surface area contributed by atoms with Gasteiger partial charge in [-0.3, -0.25) is 9.88 Å². The Balaban J connectivity index is 1.62. The second-order valence-corrected chi connectivity index (χ2v) is 6.86. The number of benzene rings is 1. The molecule has 1 aliphatic rings. The monoisotopic (exact) mass is 390 g/mol. The molecule has 0 aliphatic carbocycles. The molecule has 0 spiro atoms. The number of halogens is 2. The minimum atomic E-state index is 0.665. The van der Waals surface area contributed by atoms with E-state index >= 15 is 0 Å². The molecule has 0 amide bonds. The molecule has 1 aromatic carbocycles. The summed E-state index contributed by atoms with van der Waals surface area (Å²) in [5.74, 6) is 0. The van der Waals surface area contributed by atoms with Gasteiger partial charge in [0.1, 0.15) is 6.07 Å². The zero-order chi connectivity index (χ0) is 16.2. The molecule has 23 heavy (non-hydrogen) atoms. The molecule has 0 radical (unpaired) electrons. The maximum Gasteiger partial charge on any atom is 0.101 e. The van der Waals surface area contributed by atoms with Gasteiger partial charge in [0.25, 0.3) is 0 Å². The quantitative estimate of drug-likeness (QED) is 0.800. The van der Waals surface area contributed by atoms with Crippen LogP contribution < -0.4 is 4.90 Å². The van der Waals surface area contributed by atoms with Crippen molar-refractivity contribution < 1.29 is 0 Å². The first-order chi connectivity index (χ1) is 11.2. The highest BCUT2D eigenvalue weighted by Gasteiger charge is 2.19. The van der Waals surface area contributed by atoms with Gasteiger partial charge in [0, 0.05) is 43.4 Å². The van der Waals surface area contributed by atoms with E-state index in [2.05, 4.69) is 36.8 Å². The Morgan fingerprint density at radius 2 is 1.96 bits per heavy atom. The molecule has 2 aromatic rings. The van der Waals surface area contributed by atoms with Gasteiger partial charge in [-0.25, -0.2) is 0 Å². The van der Waals surface area contributed by atoms with Gasteiger partial charge in [0.2, 0.25) is 0 Å². The first-order valence-corrected chi connectivity index (χ1v) is 8.60.